The third kappa shape index (κ3) is 7.08. The van der Waals surface area contributed by atoms with Crippen LogP contribution < -0.4 is 16.0 Å². The maximum atomic E-state index is 14.0. The van der Waals surface area contributed by atoms with Crippen molar-refractivity contribution in [3.63, 3.8) is 0 Å². The molecule has 3 amide bonds. The van der Waals surface area contributed by atoms with Gasteiger partial charge in [0.1, 0.15) is 11.6 Å². The predicted octanol–water partition coefficient (Wildman–Crippen LogP) is 3.51. The molecule has 3 aromatic rings. The summed E-state index contributed by atoms with van der Waals surface area (Å²) in [5.41, 5.74) is -0.0859. The fourth-order valence-corrected chi connectivity index (χ4v) is 6.54. The van der Waals surface area contributed by atoms with Gasteiger partial charge < -0.3 is 20.7 Å². The fourth-order valence-electron chi connectivity index (χ4n) is 5.58. The number of ether oxygens (including phenoxy) is 1. The summed E-state index contributed by atoms with van der Waals surface area (Å²) in [6.07, 6.45) is 4.17. The van der Waals surface area contributed by atoms with E-state index in [0.29, 0.717) is 43.9 Å². The van der Waals surface area contributed by atoms with Crippen molar-refractivity contribution in [2.24, 2.45) is 0 Å². The highest BCUT2D eigenvalue weighted by Gasteiger charge is 2.42. The number of morpholine rings is 1. The largest absolute Gasteiger partial charge is 0.379 e. The van der Waals surface area contributed by atoms with E-state index in [1.807, 2.05) is 60.7 Å². The Hall–Kier alpha value is -3.27. The predicted molar refractivity (Wildman–Crippen MR) is 157 cm³/mol. The van der Waals surface area contributed by atoms with Gasteiger partial charge in [-0.05, 0) is 35.9 Å². The van der Waals surface area contributed by atoms with Crippen molar-refractivity contribution in [2.75, 3.05) is 39.4 Å². The molecular weight excluding hydrogens is 524 g/mol. The Balaban J connectivity index is 1.29. The first kappa shape index (κ1) is 28.3. The van der Waals surface area contributed by atoms with Crippen LogP contribution >= 0.6 is 11.3 Å². The molecule has 3 N–H and O–H groups in total. The second-order valence-corrected chi connectivity index (χ2v) is 11.8. The molecule has 2 fully saturated rings. The summed E-state index contributed by atoms with van der Waals surface area (Å²) in [6.45, 7) is 4.33. The molecule has 1 saturated heterocycles. The molecule has 212 valence electrons. The standard InChI is InChI=1S/C31H38N4O4S/c36-28(32-15-16-35-17-19-39-20-18-35)25(21-23-9-3-1-4-10-23)33-30(38)31(13-7-2-8-14-31)34-29(37)27-22-24-11-5-6-12-26(24)40-27/h1,3-6,9-12,22,25H,2,7-8,13-21H2,(H,32,36)(H,33,38)(H,34,37). The van der Waals surface area contributed by atoms with Crippen LogP contribution in [0.15, 0.2) is 60.7 Å². The smallest absolute Gasteiger partial charge is 0.262 e. The molecule has 1 atom stereocenters. The number of thiophene rings is 1. The van der Waals surface area contributed by atoms with E-state index in [1.165, 1.54) is 11.3 Å². The van der Waals surface area contributed by atoms with E-state index in [2.05, 4.69) is 20.9 Å². The normalized spacial score (nSPS) is 18.1. The number of amides is 3. The number of carbonyl (C=O) groups excluding carboxylic acids is 3. The summed E-state index contributed by atoms with van der Waals surface area (Å²) < 4.78 is 6.44. The van der Waals surface area contributed by atoms with Crippen LogP contribution in [0.2, 0.25) is 0 Å². The molecule has 0 bridgehead atoms. The van der Waals surface area contributed by atoms with E-state index in [0.717, 1.165) is 54.5 Å². The molecule has 40 heavy (non-hydrogen) atoms. The number of carbonyl (C=O) groups is 3. The highest BCUT2D eigenvalue weighted by atomic mass is 32.1. The Labute approximate surface area is 239 Å². The molecule has 1 unspecified atom stereocenters. The topological polar surface area (TPSA) is 99.8 Å². The van der Waals surface area contributed by atoms with Gasteiger partial charge in [-0.15, -0.1) is 11.3 Å². The van der Waals surface area contributed by atoms with Crippen LogP contribution in [0.25, 0.3) is 10.1 Å². The molecule has 1 aromatic heterocycles. The lowest BCUT2D eigenvalue weighted by molar-refractivity contribution is -0.133. The number of hydrogen-bond donors (Lipinski definition) is 3. The molecule has 8 nitrogen and oxygen atoms in total. The minimum atomic E-state index is -1.05. The summed E-state index contributed by atoms with van der Waals surface area (Å²) in [6, 6.07) is 18.7. The van der Waals surface area contributed by atoms with E-state index in [1.54, 1.807) is 0 Å². The van der Waals surface area contributed by atoms with E-state index in [4.69, 9.17) is 4.74 Å². The van der Waals surface area contributed by atoms with Crippen LogP contribution in [-0.2, 0) is 20.7 Å². The third-order valence-electron chi connectivity index (χ3n) is 7.88. The monoisotopic (exact) mass is 562 g/mol. The SMILES string of the molecule is O=C(NC1(C(=O)NC(Cc2ccccc2)C(=O)NCCN2CCOCC2)CCCCC1)c1cc2ccccc2s1. The molecule has 1 saturated carbocycles. The lowest BCUT2D eigenvalue weighted by Crippen LogP contribution is -2.63. The summed E-state index contributed by atoms with van der Waals surface area (Å²) in [4.78, 5) is 43.6. The Morgan fingerprint density at radius 1 is 0.950 bits per heavy atom. The Bertz CT molecular complexity index is 1270. The first-order valence-electron chi connectivity index (χ1n) is 14.3. The van der Waals surface area contributed by atoms with Gasteiger partial charge in [0.15, 0.2) is 0 Å². The maximum absolute atomic E-state index is 14.0. The Morgan fingerprint density at radius 2 is 1.68 bits per heavy atom. The summed E-state index contributed by atoms with van der Waals surface area (Å²) in [5, 5.41) is 10.2. The van der Waals surface area contributed by atoms with Gasteiger partial charge in [-0.3, -0.25) is 19.3 Å². The maximum Gasteiger partial charge on any atom is 0.262 e. The third-order valence-corrected chi connectivity index (χ3v) is 8.99. The summed E-state index contributed by atoms with van der Waals surface area (Å²) in [7, 11) is 0. The molecular formula is C31H38N4O4S. The molecule has 1 aliphatic heterocycles. The molecule has 1 aliphatic carbocycles. The van der Waals surface area contributed by atoms with Gasteiger partial charge in [-0.2, -0.15) is 0 Å². The van der Waals surface area contributed by atoms with Gasteiger partial charge in [0.05, 0.1) is 18.1 Å². The molecule has 5 rings (SSSR count). The van der Waals surface area contributed by atoms with Crippen molar-refractivity contribution in [2.45, 2.75) is 50.1 Å². The molecule has 9 heteroatoms. The molecule has 2 aliphatic rings. The van der Waals surface area contributed by atoms with Gasteiger partial charge in [-0.25, -0.2) is 0 Å². The highest BCUT2D eigenvalue weighted by molar-refractivity contribution is 7.20. The average Bonchev–Trinajstić information content (AvgIpc) is 3.43. The van der Waals surface area contributed by atoms with E-state index < -0.39 is 11.6 Å². The van der Waals surface area contributed by atoms with Gasteiger partial charge >= 0.3 is 0 Å². The lowest BCUT2D eigenvalue weighted by Gasteiger charge is -2.37. The Kier molecular flexibility index (Phi) is 9.46. The van der Waals surface area contributed by atoms with E-state index in [-0.39, 0.29) is 17.7 Å². The number of nitrogens with one attached hydrogen (secondary N) is 3. The average molecular weight is 563 g/mol. The first-order valence-corrected chi connectivity index (χ1v) is 15.1. The summed E-state index contributed by atoms with van der Waals surface area (Å²) in [5.74, 6) is -0.744. The van der Waals surface area contributed by atoms with Crippen molar-refractivity contribution < 1.29 is 19.1 Å². The van der Waals surface area contributed by atoms with Crippen LogP contribution in [0, 0.1) is 0 Å². The molecule has 0 radical (unpaired) electrons. The first-order chi connectivity index (χ1) is 19.5. The van der Waals surface area contributed by atoms with E-state index >= 15 is 0 Å². The van der Waals surface area contributed by atoms with Crippen LogP contribution in [-0.4, -0.2) is 73.6 Å². The number of nitrogens with zero attached hydrogens (tertiary/aromatic N) is 1. The zero-order valence-electron chi connectivity index (χ0n) is 22.8. The lowest BCUT2D eigenvalue weighted by atomic mass is 9.80. The zero-order chi connectivity index (χ0) is 27.8. The molecule has 0 spiro atoms. The summed E-state index contributed by atoms with van der Waals surface area (Å²) >= 11 is 1.43. The van der Waals surface area contributed by atoms with Gasteiger partial charge in [0.25, 0.3) is 5.91 Å². The molecule has 2 aromatic carbocycles. The number of hydrogen-bond acceptors (Lipinski definition) is 6. The van der Waals surface area contributed by atoms with Crippen molar-refractivity contribution in [1.29, 1.82) is 0 Å². The number of fused-ring (bicyclic) bond motifs is 1. The van der Waals surface area contributed by atoms with Crippen LogP contribution in [0.4, 0.5) is 0 Å². The van der Waals surface area contributed by atoms with Gasteiger partial charge in [0, 0.05) is 37.3 Å². The minimum Gasteiger partial charge on any atom is -0.379 e. The quantitative estimate of drug-likeness (QED) is 0.351. The van der Waals surface area contributed by atoms with Crippen molar-refractivity contribution in [3.05, 3.63) is 71.1 Å². The van der Waals surface area contributed by atoms with Crippen molar-refractivity contribution in [1.82, 2.24) is 20.9 Å². The van der Waals surface area contributed by atoms with Crippen LogP contribution in [0.5, 0.6) is 0 Å². The van der Waals surface area contributed by atoms with Crippen LogP contribution in [0.3, 0.4) is 0 Å². The molecule has 2 heterocycles. The van der Waals surface area contributed by atoms with Crippen molar-refractivity contribution in [3.8, 4) is 0 Å². The number of rotatable bonds is 10. The van der Waals surface area contributed by atoms with Crippen LogP contribution in [0.1, 0.15) is 47.3 Å². The van der Waals surface area contributed by atoms with Gasteiger partial charge in [-0.1, -0.05) is 67.8 Å². The van der Waals surface area contributed by atoms with Gasteiger partial charge in [0.2, 0.25) is 11.8 Å². The fraction of sp³-hybridized carbons (Fsp3) is 0.452. The van der Waals surface area contributed by atoms with E-state index in [9.17, 15) is 14.4 Å². The second-order valence-electron chi connectivity index (χ2n) is 10.7. The second kappa shape index (κ2) is 13.4. The zero-order valence-corrected chi connectivity index (χ0v) is 23.6. The van der Waals surface area contributed by atoms with Crippen molar-refractivity contribution >= 4 is 39.1 Å². The Morgan fingerprint density at radius 3 is 2.42 bits per heavy atom. The minimum absolute atomic E-state index is 0.216. The highest BCUT2D eigenvalue weighted by Crippen LogP contribution is 2.31. The number of benzene rings is 2.